The van der Waals surface area contributed by atoms with E-state index in [0.29, 0.717) is 12.1 Å². The summed E-state index contributed by atoms with van der Waals surface area (Å²) in [5, 5.41) is 17.9. The Morgan fingerprint density at radius 2 is 2.33 bits per heavy atom. The van der Waals surface area contributed by atoms with E-state index in [1.807, 2.05) is 4.90 Å². The fraction of sp³-hybridized carbons (Fsp3) is 0.455. The van der Waals surface area contributed by atoms with Crippen molar-refractivity contribution < 1.29 is 5.11 Å². The number of aromatic nitrogens is 1. The third-order valence-electron chi connectivity index (χ3n) is 2.12. The van der Waals surface area contributed by atoms with E-state index in [1.165, 1.54) is 0 Å². The molecule has 0 saturated carbocycles. The molecule has 0 aromatic carbocycles. The minimum atomic E-state index is 0.0831. The van der Waals surface area contributed by atoms with Crippen LogP contribution in [0.5, 0.6) is 0 Å². The Morgan fingerprint density at radius 3 is 2.93 bits per heavy atom. The second kappa shape index (κ2) is 5.99. The van der Waals surface area contributed by atoms with Crippen molar-refractivity contribution in [2.75, 3.05) is 24.6 Å². The van der Waals surface area contributed by atoms with Gasteiger partial charge in [-0.1, -0.05) is 6.92 Å². The van der Waals surface area contributed by atoms with Crippen molar-refractivity contribution in [3.05, 3.63) is 24.0 Å². The van der Waals surface area contributed by atoms with Gasteiger partial charge in [0.2, 0.25) is 0 Å². The minimum Gasteiger partial charge on any atom is -0.395 e. The van der Waals surface area contributed by atoms with Gasteiger partial charge in [0, 0.05) is 19.3 Å². The smallest absolute Gasteiger partial charge is 0.101 e. The van der Waals surface area contributed by atoms with Crippen molar-refractivity contribution in [1.29, 1.82) is 5.26 Å². The molecule has 0 spiro atoms. The van der Waals surface area contributed by atoms with Crippen molar-refractivity contribution in [2.45, 2.75) is 13.3 Å². The molecule has 0 fully saturated rings. The summed E-state index contributed by atoms with van der Waals surface area (Å²) in [6.07, 6.45) is 4.24. The standard InChI is InChI=1S/C11H15N3O/c1-2-5-14(6-7-15)11-9-13-4-3-10(11)8-12/h3-4,9,15H,2,5-7H2,1H3. The van der Waals surface area contributed by atoms with Crippen LogP contribution in [0.15, 0.2) is 18.5 Å². The van der Waals surface area contributed by atoms with E-state index in [2.05, 4.69) is 18.0 Å². The van der Waals surface area contributed by atoms with Crippen LogP contribution < -0.4 is 4.90 Å². The number of aliphatic hydroxyl groups is 1. The van der Waals surface area contributed by atoms with E-state index >= 15 is 0 Å². The lowest BCUT2D eigenvalue weighted by Crippen LogP contribution is -2.28. The Balaban J connectivity index is 2.94. The molecule has 0 aliphatic heterocycles. The Morgan fingerprint density at radius 1 is 1.53 bits per heavy atom. The summed E-state index contributed by atoms with van der Waals surface area (Å²) in [6.45, 7) is 3.50. The highest BCUT2D eigenvalue weighted by Gasteiger charge is 2.09. The van der Waals surface area contributed by atoms with Crippen molar-refractivity contribution in [3.8, 4) is 6.07 Å². The third-order valence-corrected chi connectivity index (χ3v) is 2.12. The van der Waals surface area contributed by atoms with Crippen LogP contribution in [-0.2, 0) is 0 Å². The van der Waals surface area contributed by atoms with Crippen LogP contribution in [0.1, 0.15) is 18.9 Å². The molecule has 0 amide bonds. The Labute approximate surface area is 89.8 Å². The van der Waals surface area contributed by atoms with E-state index in [4.69, 9.17) is 10.4 Å². The fourth-order valence-corrected chi connectivity index (χ4v) is 1.48. The largest absolute Gasteiger partial charge is 0.395 e. The van der Waals surface area contributed by atoms with Gasteiger partial charge in [-0.3, -0.25) is 4.98 Å². The maximum absolute atomic E-state index is 8.94. The van der Waals surface area contributed by atoms with E-state index in [0.717, 1.165) is 18.7 Å². The highest BCUT2D eigenvalue weighted by Crippen LogP contribution is 2.17. The SMILES string of the molecule is CCCN(CCO)c1cnccc1C#N. The molecule has 0 atom stereocenters. The van der Waals surface area contributed by atoms with E-state index in [1.54, 1.807) is 18.5 Å². The van der Waals surface area contributed by atoms with Crippen LogP contribution in [0.25, 0.3) is 0 Å². The van der Waals surface area contributed by atoms with Gasteiger partial charge < -0.3 is 10.0 Å². The number of nitrogens with zero attached hydrogens (tertiary/aromatic N) is 3. The number of nitriles is 1. The third kappa shape index (κ3) is 2.93. The monoisotopic (exact) mass is 205 g/mol. The molecule has 0 radical (unpaired) electrons. The average molecular weight is 205 g/mol. The molecule has 15 heavy (non-hydrogen) atoms. The summed E-state index contributed by atoms with van der Waals surface area (Å²) in [4.78, 5) is 5.98. The average Bonchev–Trinajstić information content (AvgIpc) is 2.29. The van der Waals surface area contributed by atoms with E-state index in [9.17, 15) is 0 Å². The van der Waals surface area contributed by atoms with Crippen LogP contribution in [0.3, 0.4) is 0 Å². The Bertz CT molecular complexity index is 340. The molecule has 4 heteroatoms. The summed E-state index contributed by atoms with van der Waals surface area (Å²) in [5.41, 5.74) is 1.41. The van der Waals surface area contributed by atoms with Gasteiger partial charge in [0.1, 0.15) is 6.07 Å². The first kappa shape index (κ1) is 11.5. The number of aliphatic hydroxyl groups excluding tert-OH is 1. The second-order valence-corrected chi connectivity index (χ2v) is 3.22. The topological polar surface area (TPSA) is 60.1 Å². The summed E-state index contributed by atoms with van der Waals surface area (Å²) in [6, 6.07) is 3.82. The van der Waals surface area contributed by atoms with Gasteiger partial charge in [-0.25, -0.2) is 0 Å². The lowest BCUT2D eigenvalue weighted by molar-refractivity contribution is 0.302. The van der Waals surface area contributed by atoms with Gasteiger partial charge in [0.05, 0.1) is 24.1 Å². The first-order chi connectivity index (χ1) is 7.33. The van der Waals surface area contributed by atoms with Gasteiger partial charge in [-0.15, -0.1) is 0 Å². The molecule has 0 unspecified atom stereocenters. The van der Waals surface area contributed by atoms with Gasteiger partial charge >= 0.3 is 0 Å². The van der Waals surface area contributed by atoms with Crippen LogP contribution in [-0.4, -0.2) is 29.8 Å². The number of pyridine rings is 1. The summed E-state index contributed by atoms with van der Waals surface area (Å²) >= 11 is 0. The van der Waals surface area contributed by atoms with Gasteiger partial charge in [-0.2, -0.15) is 5.26 Å². The molecular weight excluding hydrogens is 190 g/mol. The summed E-state index contributed by atoms with van der Waals surface area (Å²) < 4.78 is 0. The number of rotatable bonds is 5. The molecule has 0 aliphatic carbocycles. The van der Waals surface area contributed by atoms with Crippen LogP contribution in [0, 0.1) is 11.3 Å². The summed E-state index contributed by atoms with van der Waals surface area (Å²) in [5.74, 6) is 0. The minimum absolute atomic E-state index is 0.0831. The van der Waals surface area contributed by atoms with Gasteiger partial charge in [-0.05, 0) is 12.5 Å². The first-order valence-electron chi connectivity index (χ1n) is 5.03. The molecular formula is C11H15N3O. The van der Waals surface area contributed by atoms with Crippen molar-refractivity contribution in [1.82, 2.24) is 4.98 Å². The number of hydrogen-bond donors (Lipinski definition) is 1. The number of anilines is 1. The molecule has 0 bridgehead atoms. The molecule has 4 nitrogen and oxygen atoms in total. The number of hydrogen-bond acceptors (Lipinski definition) is 4. The van der Waals surface area contributed by atoms with Crippen molar-refractivity contribution >= 4 is 5.69 Å². The zero-order chi connectivity index (χ0) is 11.1. The van der Waals surface area contributed by atoms with E-state index in [-0.39, 0.29) is 6.61 Å². The van der Waals surface area contributed by atoms with Gasteiger partial charge in [0.25, 0.3) is 0 Å². The molecule has 0 saturated heterocycles. The lowest BCUT2D eigenvalue weighted by atomic mass is 10.2. The molecule has 1 heterocycles. The Kier molecular flexibility index (Phi) is 4.58. The molecule has 1 aromatic rings. The maximum atomic E-state index is 8.94. The molecule has 1 N–H and O–H groups in total. The van der Waals surface area contributed by atoms with E-state index < -0.39 is 0 Å². The maximum Gasteiger partial charge on any atom is 0.101 e. The Hall–Kier alpha value is -1.60. The predicted molar refractivity (Wildman–Crippen MR) is 58.5 cm³/mol. The highest BCUT2D eigenvalue weighted by molar-refractivity contribution is 5.57. The zero-order valence-electron chi connectivity index (χ0n) is 8.85. The first-order valence-corrected chi connectivity index (χ1v) is 5.03. The highest BCUT2D eigenvalue weighted by atomic mass is 16.3. The zero-order valence-corrected chi connectivity index (χ0v) is 8.85. The van der Waals surface area contributed by atoms with Crippen LogP contribution >= 0.6 is 0 Å². The molecule has 0 aliphatic rings. The second-order valence-electron chi connectivity index (χ2n) is 3.22. The normalized spacial score (nSPS) is 9.67. The molecule has 1 aromatic heterocycles. The lowest BCUT2D eigenvalue weighted by Gasteiger charge is -2.23. The molecule has 80 valence electrons. The summed E-state index contributed by atoms with van der Waals surface area (Å²) in [7, 11) is 0. The molecule has 1 rings (SSSR count). The van der Waals surface area contributed by atoms with Crippen LogP contribution in [0.2, 0.25) is 0 Å². The van der Waals surface area contributed by atoms with Crippen molar-refractivity contribution in [2.24, 2.45) is 0 Å². The quantitative estimate of drug-likeness (QED) is 0.783. The fourth-order valence-electron chi connectivity index (χ4n) is 1.48. The predicted octanol–water partition coefficient (Wildman–Crippen LogP) is 1.16. The van der Waals surface area contributed by atoms with Crippen molar-refractivity contribution in [3.63, 3.8) is 0 Å². The van der Waals surface area contributed by atoms with Crippen LogP contribution in [0.4, 0.5) is 5.69 Å². The van der Waals surface area contributed by atoms with Gasteiger partial charge in [0.15, 0.2) is 0 Å².